The molecule has 1 saturated carbocycles. The summed E-state index contributed by atoms with van der Waals surface area (Å²) in [6.07, 6.45) is 8.25. The predicted octanol–water partition coefficient (Wildman–Crippen LogP) is 4.07. The average Bonchev–Trinajstić information content (AvgIpc) is 3.24. The van der Waals surface area contributed by atoms with Crippen molar-refractivity contribution in [2.75, 3.05) is 20.3 Å². The Kier molecular flexibility index (Phi) is 3.79. The van der Waals surface area contributed by atoms with Crippen molar-refractivity contribution >= 4 is 10.9 Å². The number of ether oxygens (including phenoxy) is 1. The minimum absolute atomic E-state index is 0.473. The zero-order chi connectivity index (χ0) is 17.0. The number of nitrogens with zero attached hydrogens (tertiary/aromatic N) is 2. The molecule has 4 nitrogen and oxygen atoms in total. The van der Waals surface area contributed by atoms with Crippen LogP contribution >= 0.6 is 0 Å². The van der Waals surface area contributed by atoms with E-state index in [2.05, 4.69) is 39.9 Å². The highest BCUT2D eigenvalue weighted by Crippen LogP contribution is 2.41. The molecule has 5 rings (SSSR count). The first kappa shape index (κ1) is 15.7. The van der Waals surface area contributed by atoms with Crippen molar-refractivity contribution in [1.82, 2.24) is 14.8 Å². The molecule has 0 bridgehead atoms. The van der Waals surface area contributed by atoms with E-state index in [1.165, 1.54) is 60.8 Å². The van der Waals surface area contributed by atoms with Crippen molar-refractivity contribution in [2.45, 2.75) is 63.6 Å². The molecular formula is C21H29N3O. The van der Waals surface area contributed by atoms with Gasteiger partial charge in [0.2, 0.25) is 0 Å². The van der Waals surface area contributed by atoms with Crippen LogP contribution in [0.1, 0.15) is 56.3 Å². The first-order chi connectivity index (χ1) is 12.2. The van der Waals surface area contributed by atoms with Crippen molar-refractivity contribution < 1.29 is 4.74 Å². The monoisotopic (exact) mass is 339 g/mol. The van der Waals surface area contributed by atoms with Crippen LogP contribution in [0.5, 0.6) is 5.75 Å². The van der Waals surface area contributed by atoms with Gasteiger partial charge in [-0.2, -0.15) is 0 Å². The van der Waals surface area contributed by atoms with Gasteiger partial charge in [0.1, 0.15) is 5.75 Å². The van der Waals surface area contributed by atoms with Crippen LogP contribution in [0.15, 0.2) is 18.2 Å². The van der Waals surface area contributed by atoms with E-state index in [4.69, 9.17) is 4.74 Å². The molecule has 2 aliphatic heterocycles. The Labute approximate surface area is 150 Å². The molecule has 1 aliphatic carbocycles. The fourth-order valence-electron chi connectivity index (χ4n) is 5.44. The molecule has 3 heterocycles. The molecule has 2 aromatic rings. The minimum atomic E-state index is 0.473. The van der Waals surface area contributed by atoms with E-state index in [0.717, 1.165) is 24.9 Å². The summed E-state index contributed by atoms with van der Waals surface area (Å²) in [7, 11) is 1.75. The minimum Gasteiger partial charge on any atom is -0.497 e. The van der Waals surface area contributed by atoms with Crippen LogP contribution in [0.25, 0.3) is 10.9 Å². The van der Waals surface area contributed by atoms with Crippen molar-refractivity contribution in [1.29, 1.82) is 0 Å². The van der Waals surface area contributed by atoms with E-state index in [1.807, 2.05) is 0 Å². The van der Waals surface area contributed by atoms with Gasteiger partial charge in [-0.15, -0.1) is 0 Å². The highest BCUT2D eigenvalue weighted by atomic mass is 16.5. The molecule has 2 fully saturated rings. The Morgan fingerprint density at radius 2 is 1.96 bits per heavy atom. The first-order valence-electron chi connectivity index (χ1n) is 9.93. The van der Waals surface area contributed by atoms with Gasteiger partial charge in [-0.3, -0.25) is 9.80 Å². The first-order valence-corrected chi connectivity index (χ1v) is 9.93. The van der Waals surface area contributed by atoms with Crippen molar-refractivity contribution in [2.24, 2.45) is 0 Å². The van der Waals surface area contributed by atoms with E-state index in [-0.39, 0.29) is 0 Å². The van der Waals surface area contributed by atoms with Gasteiger partial charge in [-0.1, -0.05) is 19.3 Å². The lowest BCUT2D eigenvalue weighted by molar-refractivity contribution is 0.125. The lowest BCUT2D eigenvalue weighted by Crippen LogP contribution is -2.39. The Morgan fingerprint density at radius 1 is 1.12 bits per heavy atom. The number of aromatic amines is 1. The number of methoxy groups -OCH3 is 1. The SMILES string of the molecule is COc1ccc2[nH]c3c(c2c1)CC1CN(C2CCCCC2)CN1C3C. The number of H-pyrrole nitrogens is 1. The molecule has 1 saturated heterocycles. The molecule has 1 aromatic carbocycles. The molecule has 134 valence electrons. The lowest BCUT2D eigenvalue weighted by Gasteiger charge is -2.35. The summed E-state index contributed by atoms with van der Waals surface area (Å²) in [5, 5.41) is 1.36. The van der Waals surface area contributed by atoms with E-state index in [1.54, 1.807) is 7.11 Å². The molecule has 25 heavy (non-hydrogen) atoms. The van der Waals surface area contributed by atoms with Crippen LogP contribution in [0, 0.1) is 0 Å². The third kappa shape index (κ3) is 2.49. The molecule has 0 spiro atoms. The van der Waals surface area contributed by atoms with Gasteiger partial charge in [-0.25, -0.2) is 0 Å². The third-order valence-corrected chi connectivity index (χ3v) is 6.85. The Morgan fingerprint density at radius 3 is 2.76 bits per heavy atom. The van der Waals surface area contributed by atoms with E-state index >= 15 is 0 Å². The van der Waals surface area contributed by atoms with Crippen LogP contribution < -0.4 is 4.74 Å². The molecule has 3 aliphatic rings. The molecule has 1 aromatic heterocycles. The summed E-state index contributed by atoms with van der Waals surface area (Å²) in [4.78, 5) is 9.21. The fraction of sp³-hybridized carbons (Fsp3) is 0.619. The Balaban J connectivity index is 1.45. The van der Waals surface area contributed by atoms with Crippen molar-refractivity contribution in [3.05, 3.63) is 29.5 Å². The Bertz CT molecular complexity index is 777. The maximum Gasteiger partial charge on any atom is 0.119 e. The van der Waals surface area contributed by atoms with Gasteiger partial charge in [0.25, 0.3) is 0 Å². The van der Waals surface area contributed by atoms with Gasteiger partial charge < -0.3 is 9.72 Å². The number of hydrogen-bond donors (Lipinski definition) is 1. The summed E-state index contributed by atoms with van der Waals surface area (Å²) >= 11 is 0. The highest BCUT2D eigenvalue weighted by molar-refractivity contribution is 5.86. The molecule has 4 heteroatoms. The quantitative estimate of drug-likeness (QED) is 0.895. The van der Waals surface area contributed by atoms with Gasteiger partial charge in [-0.05, 0) is 49.9 Å². The number of rotatable bonds is 2. The van der Waals surface area contributed by atoms with E-state index < -0.39 is 0 Å². The highest BCUT2D eigenvalue weighted by Gasteiger charge is 2.41. The predicted molar refractivity (Wildman–Crippen MR) is 101 cm³/mol. The van der Waals surface area contributed by atoms with Gasteiger partial charge in [0.05, 0.1) is 13.8 Å². The molecule has 2 unspecified atom stereocenters. The van der Waals surface area contributed by atoms with E-state index in [9.17, 15) is 0 Å². The second-order valence-electron chi connectivity index (χ2n) is 8.18. The average molecular weight is 339 g/mol. The smallest absolute Gasteiger partial charge is 0.119 e. The summed E-state index contributed by atoms with van der Waals surface area (Å²) < 4.78 is 5.46. The maximum atomic E-state index is 5.46. The number of benzene rings is 1. The fourth-order valence-corrected chi connectivity index (χ4v) is 5.44. The summed E-state index contributed by atoms with van der Waals surface area (Å²) in [6, 6.07) is 8.39. The standard InChI is InChI=1S/C21H29N3O/c1-14-21-19(18-11-17(25-2)8-9-20(18)22-21)10-16-12-23(13-24(14)16)15-6-4-3-5-7-15/h8-9,11,14-16,22H,3-7,10,12-13H2,1-2H3. The molecular weight excluding hydrogens is 310 g/mol. The normalized spacial score (nSPS) is 28.2. The van der Waals surface area contributed by atoms with Gasteiger partial charge in [0.15, 0.2) is 0 Å². The zero-order valence-corrected chi connectivity index (χ0v) is 15.4. The van der Waals surface area contributed by atoms with Crippen LogP contribution in [0.3, 0.4) is 0 Å². The van der Waals surface area contributed by atoms with Crippen molar-refractivity contribution in [3.63, 3.8) is 0 Å². The van der Waals surface area contributed by atoms with Crippen LogP contribution in [-0.2, 0) is 6.42 Å². The topological polar surface area (TPSA) is 31.5 Å². The van der Waals surface area contributed by atoms with Crippen LogP contribution in [0.4, 0.5) is 0 Å². The lowest BCUT2D eigenvalue weighted by atomic mass is 9.92. The molecule has 0 amide bonds. The summed E-state index contributed by atoms with van der Waals surface area (Å²) in [5.74, 6) is 0.958. The van der Waals surface area contributed by atoms with Gasteiger partial charge in [0, 0.05) is 41.3 Å². The third-order valence-electron chi connectivity index (χ3n) is 6.85. The summed E-state index contributed by atoms with van der Waals surface area (Å²) in [5.41, 5.74) is 4.20. The second-order valence-corrected chi connectivity index (χ2v) is 8.18. The second kappa shape index (κ2) is 6.03. The number of hydrogen-bond acceptors (Lipinski definition) is 3. The Hall–Kier alpha value is -1.52. The van der Waals surface area contributed by atoms with Crippen molar-refractivity contribution in [3.8, 4) is 5.75 Å². The number of aromatic nitrogens is 1. The van der Waals surface area contributed by atoms with E-state index in [0.29, 0.717) is 12.1 Å². The number of fused-ring (bicyclic) bond motifs is 4. The molecule has 1 N–H and O–H groups in total. The zero-order valence-electron chi connectivity index (χ0n) is 15.4. The van der Waals surface area contributed by atoms with Crippen LogP contribution in [0.2, 0.25) is 0 Å². The maximum absolute atomic E-state index is 5.46. The largest absolute Gasteiger partial charge is 0.497 e. The van der Waals surface area contributed by atoms with Crippen LogP contribution in [-0.4, -0.2) is 47.2 Å². The molecule has 2 atom stereocenters. The van der Waals surface area contributed by atoms with Gasteiger partial charge >= 0.3 is 0 Å². The summed E-state index contributed by atoms with van der Waals surface area (Å²) in [6.45, 7) is 4.77. The molecule has 0 radical (unpaired) electrons. The number of nitrogens with one attached hydrogen (secondary N) is 1.